The van der Waals surface area contributed by atoms with E-state index in [1.807, 2.05) is 18.2 Å². The molecule has 0 saturated heterocycles. The number of nitrogens with one attached hydrogen (secondary N) is 1. The van der Waals surface area contributed by atoms with Gasteiger partial charge in [-0.05, 0) is 18.2 Å². The molecule has 0 saturated carbocycles. The van der Waals surface area contributed by atoms with Crippen molar-refractivity contribution in [2.45, 2.75) is 0 Å². The summed E-state index contributed by atoms with van der Waals surface area (Å²) in [5.41, 5.74) is 2.21. The second-order valence-electron chi connectivity index (χ2n) is 4.61. The number of halogens is 2. The van der Waals surface area contributed by atoms with Crippen LogP contribution in [0.3, 0.4) is 0 Å². The SMILES string of the molecule is Clc1cc2[nH]c3ccccc3c2c2c(Br)cccc12. The van der Waals surface area contributed by atoms with E-state index in [1.165, 1.54) is 16.2 Å². The Balaban J connectivity index is 2.42. The lowest BCUT2D eigenvalue weighted by Gasteiger charge is -2.05. The quantitative estimate of drug-likeness (QED) is 0.414. The molecule has 0 spiro atoms. The minimum absolute atomic E-state index is 0.773. The van der Waals surface area contributed by atoms with Crippen LogP contribution < -0.4 is 0 Å². The van der Waals surface area contributed by atoms with E-state index in [-0.39, 0.29) is 0 Å². The Labute approximate surface area is 123 Å². The van der Waals surface area contributed by atoms with Gasteiger partial charge in [0.2, 0.25) is 0 Å². The van der Waals surface area contributed by atoms with Gasteiger partial charge in [0.25, 0.3) is 0 Å². The number of hydrogen-bond donors (Lipinski definition) is 1. The first-order valence-corrected chi connectivity index (χ1v) is 7.20. The normalized spacial score (nSPS) is 11.7. The van der Waals surface area contributed by atoms with Crippen LogP contribution >= 0.6 is 27.5 Å². The highest BCUT2D eigenvalue weighted by atomic mass is 79.9. The first kappa shape index (κ1) is 11.3. The summed E-state index contributed by atoms with van der Waals surface area (Å²) in [5.74, 6) is 0. The Morgan fingerprint density at radius 3 is 2.53 bits per heavy atom. The Bertz CT molecular complexity index is 940. The van der Waals surface area contributed by atoms with Gasteiger partial charge < -0.3 is 4.98 Å². The van der Waals surface area contributed by atoms with Gasteiger partial charge in [-0.15, -0.1) is 0 Å². The lowest BCUT2D eigenvalue weighted by atomic mass is 10.0. The maximum atomic E-state index is 6.39. The highest BCUT2D eigenvalue weighted by molar-refractivity contribution is 9.10. The fourth-order valence-corrected chi connectivity index (χ4v) is 3.55. The van der Waals surface area contributed by atoms with Gasteiger partial charge >= 0.3 is 0 Å². The number of H-pyrrole nitrogens is 1. The van der Waals surface area contributed by atoms with E-state index in [4.69, 9.17) is 11.6 Å². The first-order chi connectivity index (χ1) is 9.25. The number of benzene rings is 3. The average molecular weight is 331 g/mol. The van der Waals surface area contributed by atoms with Crippen molar-refractivity contribution < 1.29 is 0 Å². The van der Waals surface area contributed by atoms with Crippen molar-refractivity contribution in [3.63, 3.8) is 0 Å². The minimum Gasteiger partial charge on any atom is -0.354 e. The standard InChI is InChI=1S/C16H9BrClN/c17-11-6-3-5-9-12(18)8-14-16(15(9)11)10-4-1-2-7-13(10)19-14/h1-8,19H. The highest BCUT2D eigenvalue weighted by Crippen LogP contribution is 2.39. The first-order valence-electron chi connectivity index (χ1n) is 6.03. The molecule has 92 valence electrons. The van der Waals surface area contributed by atoms with Gasteiger partial charge in [-0.1, -0.05) is 57.9 Å². The monoisotopic (exact) mass is 329 g/mol. The summed E-state index contributed by atoms with van der Waals surface area (Å²) in [4.78, 5) is 3.43. The molecule has 0 aliphatic rings. The van der Waals surface area contributed by atoms with Crippen LogP contribution in [0.1, 0.15) is 0 Å². The maximum Gasteiger partial charge on any atom is 0.0505 e. The molecule has 3 aromatic carbocycles. The molecule has 1 aromatic heterocycles. The summed E-state index contributed by atoms with van der Waals surface area (Å²) in [5, 5.41) is 5.47. The van der Waals surface area contributed by atoms with Crippen LogP contribution in [0, 0.1) is 0 Å². The van der Waals surface area contributed by atoms with E-state index < -0.39 is 0 Å². The number of fused-ring (bicyclic) bond motifs is 5. The Kier molecular flexibility index (Phi) is 2.38. The maximum absolute atomic E-state index is 6.39. The molecular weight excluding hydrogens is 322 g/mol. The second kappa shape index (κ2) is 3.99. The van der Waals surface area contributed by atoms with E-state index in [0.29, 0.717) is 0 Å². The van der Waals surface area contributed by atoms with Gasteiger partial charge in [0.1, 0.15) is 0 Å². The molecule has 1 nitrogen and oxygen atoms in total. The van der Waals surface area contributed by atoms with Crippen LogP contribution in [0.5, 0.6) is 0 Å². The van der Waals surface area contributed by atoms with E-state index in [0.717, 1.165) is 25.9 Å². The molecule has 0 aliphatic carbocycles. The van der Waals surface area contributed by atoms with Crippen LogP contribution in [0.15, 0.2) is 53.0 Å². The summed E-state index contributed by atoms with van der Waals surface area (Å²) in [6.45, 7) is 0. The lowest BCUT2D eigenvalue weighted by molar-refractivity contribution is 1.55. The molecule has 0 unspecified atom stereocenters. The van der Waals surface area contributed by atoms with Gasteiger partial charge in [-0.2, -0.15) is 0 Å². The van der Waals surface area contributed by atoms with Crippen LogP contribution in [0.2, 0.25) is 5.02 Å². The van der Waals surface area contributed by atoms with Gasteiger partial charge in [-0.25, -0.2) is 0 Å². The summed E-state index contributed by atoms with van der Waals surface area (Å²) >= 11 is 10.0. The van der Waals surface area contributed by atoms with Crippen molar-refractivity contribution in [3.05, 3.63) is 58.0 Å². The smallest absolute Gasteiger partial charge is 0.0505 e. The van der Waals surface area contributed by atoms with E-state index in [2.05, 4.69) is 51.2 Å². The number of hydrogen-bond acceptors (Lipinski definition) is 0. The summed E-state index contributed by atoms with van der Waals surface area (Å²) in [7, 11) is 0. The molecular formula is C16H9BrClN. The summed E-state index contributed by atoms with van der Waals surface area (Å²) < 4.78 is 1.07. The highest BCUT2D eigenvalue weighted by Gasteiger charge is 2.12. The third kappa shape index (κ3) is 1.54. The topological polar surface area (TPSA) is 15.8 Å². The van der Waals surface area contributed by atoms with Crippen molar-refractivity contribution in [2.75, 3.05) is 0 Å². The predicted molar refractivity (Wildman–Crippen MR) is 86.0 cm³/mol. The van der Waals surface area contributed by atoms with Crippen LogP contribution in [0.25, 0.3) is 32.6 Å². The van der Waals surface area contributed by atoms with E-state index >= 15 is 0 Å². The third-order valence-electron chi connectivity index (χ3n) is 3.53. The molecule has 0 fully saturated rings. The van der Waals surface area contributed by atoms with Crippen LogP contribution in [0.4, 0.5) is 0 Å². The molecule has 0 amide bonds. The minimum atomic E-state index is 0.773. The predicted octanol–water partition coefficient (Wildman–Crippen LogP) is 5.89. The molecule has 4 aromatic rings. The number of aromatic nitrogens is 1. The zero-order valence-corrected chi connectivity index (χ0v) is 12.2. The van der Waals surface area contributed by atoms with Gasteiger partial charge in [0.05, 0.1) is 5.02 Å². The molecule has 0 aliphatic heterocycles. The second-order valence-corrected chi connectivity index (χ2v) is 5.88. The number of para-hydroxylation sites is 1. The van der Waals surface area contributed by atoms with Crippen molar-refractivity contribution >= 4 is 60.1 Å². The Morgan fingerprint density at radius 1 is 0.842 bits per heavy atom. The molecule has 19 heavy (non-hydrogen) atoms. The average Bonchev–Trinajstić information content (AvgIpc) is 2.77. The molecule has 3 heteroatoms. The van der Waals surface area contributed by atoms with Gasteiger partial charge in [0.15, 0.2) is 0 Å². The Morgan fingerprint density at radius 2 is 1.63 bits per heavy atom. The zero-order valence-electron chi connectivity index (χ0n) is 9.87. The number of aromatic amines is 1. The zero-order chi connectivity index (χ0) is 13.0. The molecule has 1 N–H and O–H groups in total. The molecule has 0 radical (unpaired) electrons. The van der Waals surface area contributed by atoms with Crippen LogP contribution in [-0.2, 0) is 0 Å². The Hall–Kier alpha value is -1.51. The van der Waals surface area contributed by atoms with E-state index in [1.54, 1.807) is 0 Å². The molecule has 0 bridgehead atoms. The van der Waals surface area contributed by atoms with E-state index in [9.17, 15) is 0 Å². The van der Waals surface area contributed by atoms with Gasteiger partial charge in [0, 0.05) is 37.1 Å². The van der Waals surface area contributed by atoms with Crippen molar-refractivity contribution in [1.82, 2.24) is 4.98 Å². The van der Waals surface area contributed by atoms with Crippen molar-refractivity contribution in [2.24, 2.45) is 0 Å². The fourth-order valence-electron chi connectivity index (χ4n) is 2.72. The summed E-state index contributed by atoms with van der Waals surface area (Å²) in [6.07, 6.45) is 0. The largest absolute Gasteiger partial charge is 0.354 e. The fraction of sp³-hybridized carbons (Fsp3) is 0. The van der Waals surface area contributed by atoms with Crippen molar-refractivity contribution in [1.29, 1.82) is 0 Å². The van der Waals surface area contributed by atoms with Gasteiger partial charge in [-0.3, -0.25) is 0 Å². The summed E-state index contributed by atoms with van der Waals surface area (Å²) in [6, 6.07) is 16.5. The molecule has 0 atom stereocenters. The van der Waals surface area contributed by atoms with Crippen LogP contribution in [-0.4, -0.2) is 4.98 Å². The lowest BCUT2D eigenvalue weighted by Crippen LogP contribution is -1.79. The molecule has 4 rings (SSSR count). The van der Waals surface area contributed by atoms with Crippen molar-refractivity contribution in [3.8, 4) is 0 Å². The third-order valence-corrected chi connectivity index (χ3v) is 4.50. The number of rotatable bonds is 0. The molecule has 1 heterocycles.